The van der Waals surface area contributed by atoms with Gasteiger partial charge in [0.25, 0.3) is 10.1 Å². The van der Waals surface area contributed by atoms with Gasteiger partial charge in [-0.3, -0.25) is 9.35 Å². The van der Waals surface area contributed by atoms with E-state index in [-0.39, 0.29) is 6.42 Å². The minimum absolute atomic E-state index is 0.0528. The van der Waals surface area contributed by atoms with Crippen molar-refractivity contribution in [2.24, 2.45) is 5.73 Å². The minimum Gasteiger partial charge on any atom is -0.392 e. The standard InChI is InChI=1S/C6H11NO5S/c7-6(9)3-1-2-5(8)4-13(10,11)12/h1,3,5,8H,2,4H2,(H2,7,9)(H,10,11,12). The van der Waals surface area contributed by atoms with Crippen LogP contribution in [0.3, 0.4) is 0 Å². The van der Waals surface area contributed by atoms with E-state index in [2.05, 4.69) is 0 Å². The van der Waals surface area contributed by atoms with E-state index in [1.807, 2.05) is 0 Å². The van der Waals surface area contributed by atoms with Crippen LogP contribution in [-0.4, -0.2) is 35.8 Å². The molecule has 76 valence electrons. The Labute approximate surface area is 75.8 Å². The molecule has 0 aliphatic rings. The van der Waals surface area contributed by atoms with Crippen LogP contribution in [0, 0.1) is 0 Å². The maximum absolute atomic E-state index is 10.2. The molecule has 1 unspecified atom stereocenters. The van der Waals surface area contributed by atoms with E-state index in [1.165, 1.54) is 6.08 Å². The molecule has 0 spiro atoms. The van der Waals surface area contributed by atoms with Crippen LogP contribution in [0.1, 0.15) is 6.42 Å². The minimum atomic E-state index is -4.17. The van der Waals surface area contributed by atoms with Crippen LogP contribution in [0.2, 0.25) is 0 Å². The molecule has 0 aliphatic heterocycles. The SMILES string of the molecule is NC(=O)C=CCC(O)CS(=O)(=O)O. The zero-order chi connectivity index (χ0) is 10.5. The molecular weight excluding hydrogens is 198 g/mol. The lowest BCUT2D eigenvalue weighted by Crippen LogP contribution is -2.19. The van der Waals surface area contributed by atoms with Gasteiger partial charge in [0, 0.05) is 0 Å². The number of primary amides is 1. The van der Waals surface area contributed by atoms with Gasteiger partial charge in [0.1, 0.15) is 5.75 Å². The van der Waals surface area contributed by atoms with Crippen molar-refractivity contribution in [2.75, 3.05) is 5.75 Å². The van der Waals surface area contributed by atoms with Crippen LogP contribution in [0.5, 0.6) is 0 Å². The summed E-state index contributed by atoms with van der Waals surface area (Å²) in [4.78, 5) is 10.2. The molecule has 0 saturated carbocycles. The summed E-state index contributed by atoms with van der Waals surface area (Å²) in [6, 6.07) is 0. The average molecular weight is 209 g/mol. The highest BCUT2D eigenvalue weighted by atomic mass is 32.2. The fourth-order valence-electron chi connectivity index (χ4n) is 0.652. The lowest BCUT2D eigenvalue weighted by atomic mass is 10.2. The van der Waals surface area contributed by atoms with Crippen LogP contribution < -0.4 is 5.73 Å². The number of hydrogen-bond donors (Lipinski definition) is 3. The summed E-state index contributed by atoms with van der Waals surface area (Å²) in [5, 5.41) is 8.96. The number of carbonyl (C=O) groups is 1. The van der Waals surface area contributed by atoms with E-state index in [0.717, 1.165) is 6.08 Å². The first-order chi connectivity index (χ1) is 5.81. The van der Waals surface area contributed by atoms with Gasteiger partial charge in [-0.05, 0) is 12.5 Å². The summed E-state index contributed by atoms with van der Waals surface area (Å²) in [5.41, 5.74) is 4.73. The number of aliphatic hydroxyl groups excluding tert-OH is 1. The summed E-state index contributed by atoms with van der Waals surface area (Å²) >= 11 is 0. The molecular formula is C6H11NO5S. The normalized spacial score (nSPS) is 14.6. The summed E-state index contributed by atoms with van der Waals surface area (Å²) in [7, 11) is -4.17. The Balaban J connectivity index is 3.90. The average Bonchev–Trinajstić information content (AvgIpc) is 1.81. The monoisotopic (exact) mass is 209 g/mol. The third kappa shape index (κ3) is 8.99. The van der Waals surface area contributed by atoms with Crippen LogP contribution in [0.4, 0.5) is 0 Å². The van der Waals surface area contributed by atoms with Gasteiger partial charge in [-0.25, -0.2) is 0 Å². The first-order valence-electron chi connectivity index (χ1n) is 3.40. The lowest BCUT2D eigenvalue weighted by Gasteiger charge is -2.03. The number of aliphatic hydroxyl groups is 1. The van der Waals surface area contributed by atoms with Crippen molar-refractivity contribution >= 4 is 16.0 Å². The Morgan fingerprint density at radius 1 is 1.54 bits per heavy atom. The van der Waals surface area contributed by atoms with Gasteiger partial charge in [-0.15, -0.1) is 0 Å². The second-order valence-corrected chi connectivity index (χ2v) is 3.94. The van der Waals surface area contributed by atoms with E-state index in [1.54, 1.807) is 0 Å². The van der Waals surface area contributed by atoms with E-state index < -0.39 is 27.9 Å². The molecule has 0 radical (unpaired) electrons. The fraction of sp³-hybridized carbons (Fsp3) is 0.500. The summed E-state index contributed by atoms with van der Waals surface area (Å²) < 4.78 is 28.7. The molecule has 0 aromatic carbocycles. The van der Waals surface area contributed by atoms with E-state index in [0.29, 0.717) is 0 Å². The topological polar surface area (TPSA) is 118 Å². The Hall–Kier alpha value is -0.920. The molecule has 4 N–H and O–H groups in total. The zero-order valence-electron chi connectivity index (χ0n) is 6.75. The van der Waals surface area contributed by atoms with E-state index in [4.69, 9.17) is 15.4 Å². The predicted molar refractivity (Wildman–Crippen MR) is 45.4 cm³/mol. The van der Waals surface area contributed by atoms with Gasteiger partial charge in [0.15, 0.2) is 0 Å². The molecule has 0 aliphatic carbocycles. The smallest absolute Gasteiger partial charge is 0.267 e. The molecule has 1 atom stereocenters. The second-order valence-electron chi connectivity index (χ2n) is 2.44. The van der Waals surface area contributed by atoms with Crippen LogP contribution in [-0.2, 0) is 14.9 Å². The summed E-state index contributed by atoms with van der Waals surface area (Å²) in [6.07, 6.45) is 0.958. The molecule has 0 aromatic heterocycles. The number of carbonyl (C=O) groups excluding carboxylic acids is 1. The van der Waals surface area contributed by atoms with Gasteiger partial charge in [-0.1, -0.05) is 6.08 Å². The number of hydrogen-bond acceptors (Lipinski definition) is 4. The summed E-state index contributed by atoms with van der Waals surface area (Å²) in [5.74, 6) is -1.44. The lowest BCUT2D eigenvalue weighted by molar-refractivity contribution is -0.113. The second kappa shape index (κ2) is 4.95. The molecule has 0 fully saturated rings. The van der Waals surface area contributed by atoms with Gasteiger partial charge in [-0.2, -0.15) is 8.42 Å². The number of amides is 1. The molecule has 0 aromatic rings. The van der Waals surface area contributed by atoms with Crippen molar-refractivity contribution in [3.8, 4) is 0 Å². The van der Waals surface area contributed by atoms with E-state index in [9.17, 15) is 13.2 Å². The molecule has 7 heteroatoms. The quantitative estimate of drug-likeness (QED) is 0.383. The molecule has 6 nitrogen and oxygen atoms in total. The van der Waals surface area contributed by atoms with Crippen molar-refractivity contribution in [3.63, 3.8) is 0 Å². The molecule has 0 saturated heterocycles. The van der Waals surface area contributed by atoms with Gasteiger partial charge >= 0.3 is 0 Å². The van der Waals surface area contributed by atoms with Crippen molar-refractivity contribution in [1.29, 1.82) is 0 Å². The Kier molecular flexibility index (Phi) is 4.60. The maximum atomic E-state index is 10.2. The van der Waals surface area contributed by atoms with Crippen molar-refractivity contribution in [1.82, 2.24) is 0 Å². The van der Waals surface area contributed by atoms with Crippen LogP contribution >= 0.6 is 0 Å². The third-order valence-corrected chi connectivity index (χ3v) is 1.90. The molecule has 1 amide bonds. The highest BCUT2D eigenvalue weighted by molar-refractivity contribution is 7.85. The third-order valence-electron chi connectivity index (χ3n) is 1.09. The van der Waals surface area contributed by atoms with Crippen molar-refractivity contribution in [2.45, 2.75) is 12.5 Å². The maximum Gasteiger partial charge on any atom is 0.267 e. The van der Waals surface area contributed by atoms with Crippen LogP contribution in [0.25, 0.3) is 0 Å². The van der Waals surface area contributed by atoms with Gasteiger partial charge in [0.05, 0.1) is 6.10 Å². The van der Waals surface area contributed by atoms with Crippen molar-refractivity contribution < 1.29 is 22.9 Å². The summed E-state index contributed by atoms with van der Waals surface area (Å²) in [6.45, 7) is 0. The predicted octanol–water partition coefficient (Wildman–Crippen LogP) is -1.33. The molecule has 13 heavy (non-hydrogen) atoms. The molecule has 0 rings (SSSR count). The highest BCUT2D eigenvalue weighted by Gasteiger charge is 2.12. The Morgan fingerprint density at radius 3 is 2.46 bits per heavy atom. The first kappa shape index (κ1) is 12.1. The highest BCUT2D eigenvalue weighted by Crippen LogP contribution is 1.97. The van der Waals surface area contributed by atoms with Gasteiger partial charge < -0.3 is 10.8 Å². The fourth-order valence-corrected chi connectivity index (χ4v) is 1.27. The number of nitrogens with two attached hydrogens (primary N) is 1. The van der Waals surface area contributed by atoms with Crippen LogP contribution in [0.15, 0.2) is 12.2 Å². The Bertz CT molecular complexity index is 294. The van der Waals surface area contributed by atoms with Gasteiger partial charge in [0.2, 0.25) is 5.91 Å². The number of rotatable bonds is 5. The molecule has 0 heterocycles. The zero-order valence-corrected chi connectivity index (χ0v) is 7.57. The Morgan fingerprint density at radius 2 is 2.08 bits per heavy atom. The van der Waals surface area contributed by atoms with E-state index >= 15 is 0 Å². The molecule has 0 bridgehead atoms. The largest absolute Gasteiger partial charge is 0.392 e. The first-order valence-corrected chi connectivity index (χ1v) is 5.01. The van der Waals surface area contributed by atoms with Crippen molar-refractivity contribution in [3.05, 3.63) is 12.2 Å².